The van der Waals surface area contributed by atoms with Crippen molar-refractivity contribution in [3.8, 4) is 5.75 Å². The molecule has 3 rings (SSSR count). The van der Waals surface area contributed by atoms with Gasteiger partial charge in [-0.05, 0) is 45.4 Å². The minimum absolute atomic E-state index is 0.270. The largest absolute Gasteiger partial charge is 0.495 e. The van der Waals surface area contributed by atoms with Crippen LogP contribution in [0.2, 0.25) is 0 Å². The number of anilines is 1. The highest BCUT2D eigenvalue weighted by Crippen LogP contribution is 2.27. The van der Waals surface area contributed by atoms with Gasteiger partial charge in [-0.25, -0.2) is 4.79 Å². The molecule has 1 aromatic carbocycles. The number of methoxy groups -OCH3 is 1. The Morgan fingerprint density at radius 3 is 2.71 bits per heavy atom. The van der Waals surface area contributed by atoms with Gasteiger partial charge in [-0.1, -0.05) is 6.07 Å². The topological polar surface area (TPSA) is 96.5 Å². The second-order valence-corrected chi connectivity index (χ2v) is 7.84. The van der Waals surface area contributed by atoms with Crippen molar-refractivity contribution in [2.24, 2.45) is 0 Å². The van der Waals surface area contributed by atoms with E-state index in [1.165, 1.54) is 0 Å². The number of H-pyrrole nitrogens is 1. The van der Waals surface area contributed by atoms with Crippen LogP contribution in [-0.2, 0) is 17.7 Å². The van der Waals surface area contributed by atoms with E-state index in [4.69, 9.17) is 9.47 Å². The number of fused-ring (bicyclic) bond motifs is 1. The van der Waals surface area contributed by atoms with Gasteiger partial charge < -0.3 is 19.7 Å². The summed E-state index contributed by atoms with van der Waals surface area (Å²) in [4.78, 5) is 26.8. The van der Waals surface area contributed by atoms with Gasteiger partial charge in [-0.2, -0.15) is 5.10 Å². The molecule has 150 valence electrons. The van der Waals surface area contributed by atoms with E-state index in [1.54, 1.807) is 18.1 Å². The molecule has 8 nitrogen and oxygen atoms in total. The van der Waals surface area contributed by atoms with Crippen molar-refractivity contribution >= 4 is 17.7 Å². The van der Waals surface area contributed by atoms with Gasteiger partial charge in [-0.15, -0.1) is 0 Å². The Morgan fingerprint density at radius 2 is 2.04 bits per heavy atom. The van der Waals surface area contributed by atoms with Crippen LogP contribution in [0, 0.1) is 6.92 Å². The van der Waals surface area contributed by atoms with Crippen LogP contribution in [0.15, 0.2) is 18.2 Å². The van der Waals surface area contributed by atoms with Crippen molar-refractivity contribution in [3.05, 3.63) is 40.7 Å². The molecule has 1 aliphatic heterocycles. The fraction of sp³-hybridized carbons (Fsp3) is 0.450. The lowest BCUT2D eigenvalue weighted by atomic mass is 10.1. The number of hydrogen-bond donors (Lipinski definition) is 2. The molecule has 8 heteroatoms. The maximum absolute atomic E-state index is 12.8. The smallest absolute Gasteiger partial charge is 0.410 e. The Labute approximate surface area is 164 Å². The van der Waals surface area contributed by atoms with E-state index < -0.39 is 11.7 Å². The first-order valence-corrected chi connectivity index (χ1v) is 9.18. The molecule has 28 heavy (non-hydrogen) atoms. The van der Waals surface area contributed by atoms with E-state index in [0.717, 1.165) is 11.3 Å². The van der Waals surface area contributed by atoms with Crippen molar-refractivity contribution in [1.82, 2.24) is 15.1 Å². The maximum atomic E-state index is 12.8. The molecule has 0 unspecified atom stereocenters. The summed E-state index contributed by atoms with van der Waals surface area (Å²) < 4.78 is 10.8. The summed E-state index contributed by atoms with van der Waals surface area (Å²) in [5.41, 5.74) is 2.84. The van der Waals surface area contributed by atoms with Gasteiger partial charge in [-0.3, -0.25) is 9.89 Å². The average molecular weight is 386 g/mol. The lowest BCUT2D eigenvalue weighted by molar-refractivity contribution is 0.0222. The van der Waals surface area contributed by atoms with Crippen molar-refractivity contribution in [3.63, 3.8) is 0 Å². The molecule has 2 amide bonds. The molecule has 1 aromatic heterocycles. The summed E-state index contributed by atoms with van der Waals surface area (Å²) in [6.07, 6.45) is 0.189. The maximum Gasteiger partial charge on any atom is 0.410 e. The van der Waals surface area contributed by atoms with Crippen LogP contribution in [0.25, 0.3) is 0 Å². The molecule has 0 atom stereocenters. The third-order valence-electron chi connectivity index (χ3n) is 4.40. The van der Waals surface area contributed by atoms with E-state index in [1.807, 2.05) is 39.8 Å². The van der Waals surface area contributed by atoms with Crippen molar-refractivity contribution in [2.45, 2.75) is 46.3 Å². The molecule has 0 saturated carbocycles. The lowest BCUT2D eigenvalue weighted by Crippen LogP contribution is -2.40. The zero-order valence-corrected chi connectivity index (χ0v) is 16.9. The normalized spacial score (nSPS) is 13.7. The fourth-order valence-electron chi connectivity index (χ4n) is 3.07. The number of carbonyl (C=O) groups is 2. The van der Waals surface area contributed by atoms with Crippen LogP contribution < -0.4 is 10.1 Å². The van der Waals surface area contributed by atoms with E-state index in [2.05, 4.69) is 15.5 Å². The van der Waals surface area contributed by atoms with Crippen molar-refractivity contribution in [2.75, 3.05) is 19.0 Å². The highest BCUT2D eigenvalue weighted by Gasteiger charge is 2.30. The number of nitrogens with zero attached hydrogens (tertiary/aromatic N) is 2. The number of rotatable bonds is 3. The minimum Gasteiger partial charge on any atom is -0.495 e. The molecule has 0 spiro atoms. The molecule has 0 saturated heterocycles. The standard InChI is InChI=1S/C20H26N4O4/c1-12-6-7-16(27-5)15(10-12)21-18(25)17-13-11-24(9-8-14(13)22-23-17)19(26)28-20(2,3)4/h6-7,10H,8-9,11H2,1-5H3,(H,21,25)(H,22,23). The highest BCUT2D eigenvalue weighted by atomic mass is 16.6. The Hall–Kier alpha value is -3.03. The summed E-state index contributed by atoms with van der Waals surface area (Å²) in [6.45, 7) is 8.19. The van der Waals surface area contributed by atoms with Gasteiger partial charge in [0.2, 0.25) is 0 Å². The third-order valence-corrected chi connectivity index (χ3v) is 4.40. The van der Waals surface area contributed by atoms with E-state index in [-0.39, 0.29) is 18.1 Å². The molecular weight excluding hydrogens is 360 g/mol. The highest BCUT2D eigenvalue weighted by molar-refractivity contribution is 6.05. The first kappa shape index (κ1) is 19.7. The van der Waals surface area contributed by atoms with Gasteiger partial charge in [0.25, 0.3) is 5.91 Å². The molecule has 0 bridgehead atoms. The monoisotopic (exact) mass is 386 g/mol. The van der Waals surface area contributed by atoms with Crippen molar-refractivity contribution in [1.29, 1.82) is 0 Å². The number of ether oxygens (including phenoxy) is 2. The molecule has 2 aromatic rings. The average Bonchev–Trinajstić information content (AvgIpc) is 3.03. The number of nitrogens with one attached hydrogen (secondary N) is 2. The summed E-state index contributed by atoms with van der Waals surface area (Å²) in [5.74, 6) is 0.214. The van der Waals surface area contributed by atoms with Gasteiger partial charge in [0, 0.05) is 24.2 Å². The zero-order valence-electron chi connectivity index (χ0n) is 16.9. The number of aryl methyl sites for hydroxylation is 1. The molecule has 1 aliphatic rings. The predicted molar refractivity (Wildman–Crippen MR) is 105 cm³/mol. The van der Waals surface area contributed by atoms with Crippen LogP contribution in [0.5, 0.6) is 5.75 Å². The van der Waals surface area contributed by atoms with E-state index in [9.17, 15) is 9.59 Å². The van der Waals surface area contributed by atoms with E-state index in [0.29, 0.717) is 30.0 Å². The second-order valence-electron chi connectivity index (χ2n) is 7.84. The quantitative estimate of drug-likeness (QED) is 0.844. The van der Waals surface area contributed by atoms with Crippen LogP contribution in [0.3, 0.4) is 0 Å². The lowest BCUT2D eigenvalue weighted by Gasteiger charge is -2.30. The Morgan fingerprint density at radius 1 is 1.29 bits per heavy atom. The Bertz CT molecular complexity index is 898. The number of aromatic nitrogens is 2. The molecule has 0 aliphatic carbocycles. The van der Waals surface area contributed by atoms with Crippen molar-refractivity contribution < 1.29 is 19.1 Å². The molecule has 0 fully saturated rings. The number of benzene rings is 1. The number of amides is 2. The van der Waals surface area contributed by atoms with Gasteiger partial charge in [0.15, 0.2) is 5.69 Å². The molecule has 0 radical (unpaired) electrons. The summed E-state index contributed by atoms with van der Waals surface area (Å²) in [5, 5.41) is 9.96. The fourth-order valence-corrected chi connectivity index (χ4v) is 3.07. The van der Waals surface area contributed by atoms with Crippen LogP contribution >= 0.6 is 0 Å². The van der Waals surface area contributed by atoms with Gasteiger partial charge in [0.1, 0.15) is 11.4 Å². The first-order chi connectivity index (χ1) is 13.2. The molecule has 2 heterocycles. The summed E-state index contributed by atoms with van der Waals surface area (Å²) >= 11 is 0. The Balaban J connectivity index is 1.79. The predicted octanol–water partition coefficient (Wildman–Crippen LogP) is 3.27. The number of aromatic amines is 1. The number of carbonyl (C=O) groups excluding carboxylic acids is 2. The number of hydrogen-bond acceptors (Lipinski definition) is 5. The summed E-state index contributed by atoms with van der Waals surface area (Å²) in [7, 11) is 1.55. The van der Waals surface area contributed by atoms with E-state index >= 15 is 0 Å². The Kier molecular flexibility index (Phi) is 5.31. The van der Waals surface area contributed by atoms with Crippen LogP contribution in [0.4, 0.5) is 10.5 Å². The molecule has 2 N–H and O–H groups in total. The van der Waals surface area contributed by atoms with Crippen LogP contribution in [0.1, 0.15) is 48.1 Å². The minimum atomic E-state index is -0.574. The second kappa shape index (κ2) is 7.53. The zero-order chi connectivity index (χ0) is 20.5. The third kappa shape index (κ3) is 4.27. The van der Waals surface area contributed by atoms with Crippen LogP contribution in [-0.4, -0.2) is 46.4 Å². The van der Waals surface area contributed by atoms with Gasteiger partial charge in [0.05, 0.1) is 19.3 Å². The molecular formula is C20H26N4O4. The SMILES string of the molecule is COc1ccc(C)cc1NC(=O)c1n[nH]c2c1CN(C(=O)OC(C)(C)C)CC2. The van der Waals surface area contributed by atoms with Gasteiger partial charge >= 0.3 is 6.09 Å². The first-order valence-electron chi connectivity index (χ1n) is 9.18. The summed E-state index contributed by atoms with van der Waals surface area (Å²) in [6, 6.07) is 5.54.